The van der Waals surface area contributed by atoms with Crippen molar-refractivity contribution in [3.05, 3.63) is 239 Å². The average Bonchev–Trinajstić information content (AvgIpc) is 3.19. The van der Waals surface area contributed by atoms with Crippen LogP contribution in [0.3, 0.4) is 0 Å². The molecule has 234 valence electrons. The standard InChI is InChI=1S/C48H32N2/c1-3-17-35(18-4-1)43(41-27-11-21-33-15-7-9-25-39(33)41)47-45(37-23-13-29-49-31-37)46(38-24-14-30-50-32-38)48(47)44(36-19-5-2-6-20-36)42-28-12-22-34-16-8-10-26-40(34)42/h1-32H. The molecule has 6 aromatic carbocycles. The Kier molecular flexibility index (Phi) is 7.53. The maximum Gasteiger partial charge on any atom is 0.0346 e. The van der Waals surface area contributed by atoms with Gasteiger partial charge in [-0.3, -0.25) is 9.97 Å². The van der Waals surface area contributed by atoms with Gasteiger partial charge in [0, 0.05) is 47.1 Å². The summed E-state index contributed by atoms with van der Waals surface area (Å²) in [7, 11) is 0. The topological polar surface area (TPSA) is 25.8 Å². The van der Waals surface area contributed by atoms with Gasteiger partial charge in [0.25, 0.3) is 0 Å². The molecule has 2 heteroatoms. The van der Waals surface area contributed by atoms with E-state index < -0.39 is 0 Å². The van der Waals surface area contributed by atoms with Gasteiger partial charge >= 0.3 is 0 Å². The smallest absolute Gasteiger partial charge is 0.0346 e. The molecule has 8 aromatic rings. The minimum absolute atomic E-state index is 1.07. The first-order chi connectivity index (χ1) is 24.9. The highest BCUT2D eigenvalue weighted by atomic mass is 14.6. The molecule has 2 aromatic heterocycles. The number of aromatic nitrogens is 2. The predicted octanol–water partition coefficient (Wildman–Crippen LogP) is 11.7. The van der Waals surface area contributed by atoms with E-state index >= 15 is 0 Å². The second-order valence-corrected chi connectivity index (χ2v) is 12.5. The van der Waals surface area contributed by atoms with Crippen LogP contribution >= 0.6 is 0 Å². The van der Waals surface area contributed by atoms with E-state index in [-0.39, 0.29) is 0 Å². The molecule has 0 spiro atoms. The highest BCUT2D eigenvalue weighted by Gasteiger charge is 2.38. The number of rotatable bonds is 6. The SMILES string of the molecule is c1ccc(C(=C2C(=C(c3ccccc3)c3cccc4ccccc34)C(c3cccnc3)=C2c2cccnc2)c2cccc3ccccc23)cc1. The van der Waals surface area contributed by atoms with Crippen molar-refractivity contribution in [3.63, 3.8) is 0 Å². The highest BCUT2D eigenvalue weighted by Crippen LogP contribution is 2.58. The molecule has 0 fully saturated rings. The van der Waals surface area contributed by atoms with Crippen LogP contribution in [0, 0.1) is 0 Å². The molecule has 0 amide bonds. The van der Waals surface area contributed by atoms with Gasteiger partial charge in [-0.15, -0.1) is 0 Å². The first-order valence-electron chi connectivity index (χ1n) is 17.0. The zero-order valence-corrected chi connectivity index (χ0v) is 27.4. The summed E-state index contributed by atoms with van der Waals surface area (Å²) in [5.74, 6) is 0. The Balaban J connectivity index is 1.55. The maximum atomic E-state index is 4.64. The van der Waals surface area contributed by atoms with Crippen molar-refractivity contribution in [2.24, 2.45) is 0 Å². The van der Waals surface area contributed by atoms with Crippen molar-refractivity contribution < 1.29 is 0 Å². The van der Waals surface area contributed by atoms with E-state index in [2.05, 4.69) is 168 Å². The fourth-order valence-corrected chi connectivity index (χ4v) is 7.50. The van der Waals surface area contributed by atoms with Crippen LogP contribution in [0.1, 0.15) is 33.4 Å². The molecule has 0 radical (unpaired) electrons. The van der Waals surface area contributed by atoms with Crippen LogP contribution in [0.4, 0.5) is 0 Å². The van der Waals surface area contributed by atoms with Gasteiger partial charge in [0.2, 0.25) is 0 Å². The van der Waals surface area contributed by atoms with Gasteiger partial charge in [-0.2, -0.15) is 0 Å². The molecule has 1 aliphatic carbocycles. The van der Waals surface area contributed by atoms with Crippen LogP contribution in [0.15, 0.2) is 206 Å². The van der Waals surface area contributed by atoms with Crippen LogP contribution in [-0.2, 0) is 0 Å². The van der Waals surface area contributed by atoms with Gasteiger partial charge in [-0.1, -0.05) is 158 Å². The number of nitrogens with zero attached hydrogens (tertiary/aromatic N) is 2. The molecule has 1 aliphatic rings. The third-order valence-corrected chi connectivity index (χ3v) is 9.64. The molecule has 2 heterocycles. The molecule has 9 rings (SSSR count). The molecule has 2 nitrogen and oxygen atoms in total. The van der Waals surface area contributed by atoms with Crippen LogP contribution in [0.5, 0.6) is 0 Å². The number of benzene rings is 6. The van der Waals surface area contributed by atoms with E-state index in [1.807, 2.05) is 36.9 Å². The summed E-state index contributed by atoms with van der Waals surface area (Å²) < 4.78 is 0. The Morgan fingerprint density at radius 1 is 0.340 bits per heavy atom. The van der Waals surface area contributed by atoms with E-state index in [9.17, 15) is 0 Å². The number of hydrogen-bond donors (Lipinski definition) is 0. The summed E-state index contributed by atoms with van der Waals surface area (Å²) in [6.07, 6.45) is 7.68. The Hall–Kier alpha value is -6.64. The molecule has 0 saturated carbocycles. The average molecular weight is 637 g/mol. The van der Waals surface area contributed by atoms with Gasteiger partial charge in [-0.25, -0.2) is 0 Å². The lowest BCUT2D eigenvalue weighted by molar-refractivity contribution is 1.28. The zero-order chi connectivity index (χ0) is 33.3. The van der Waals surface area contributed by atoms with Crippen LogP contribution in [0.25, 0.3) is 43.8 Å². The summed E-state index contributed by atoms with van der Waals surface area (Å²) in [6, 6.07) is 60.9. The Morgan fingerprint density at radius 2 is 0.740 bits per heavy atom. The van der Waals surface area contributed by atoms with Gasteiger partial charge in [0.1, 0.15) is 0 Å². The van der Waals surface area contributed by atoms with Crippen molar-refractivity contribution in [3.8, 4) is 0 Å². The molecular formula is C48H32N2. The highest BCUT2D eigenvalue weighted by molar-refractivity contribution is 6.28. The first-order valence-corrected chi connectivity index (χ1v) is 17.0. The largest absolute Gasteiger partial charge is 0.264 e. The van der Waals surface area contributed by atoms with Crippen molar-refractivity contribution in [2.45, 2.75) is 0 Å². The molecule has 0 atom stereocenters. The number of allylic oxidation sites excluding steroid dienone is 4. The number of pyridine rings is 2. The first kappa shape index (κ1) is 29.5. The summed E-state index contributed by atoms with van der Waals surface area (Å²) in [4.78, 5) is 9.29. The van der Waals surface area contributed by atoms with Crippen LogP contribution < -0.4 is 0 Å². The summed E-state index contributed by atoms with van der Waals surface area (Å²) in [5.41, 5.74) is 14.0. The van der Waals surface area contributed by atoms with E-state index in [1.165, 1.54) is 66.1 Å². The molecule has 0 unspecified atom stereocenters. The van der Waals surface area contributed by atoms with E-state index in [0.717, 1.165) is 22.3 Å². The van der Waals surface area contributed by atoms with Gasteiger partial charge in [0.05, 0.1) is 0 Å². The monoisotopic (exact) mass is 636 g/mol. The summed E-state index contributed by atoms with van der Waals surface area (Å²) in [6.45, 7) is 0. The van der Waals surface area contributed by atoms with Crippen molar-refractivity contribution in [1.82, 2.24) is 9.97 Å². The Morgan fingerprint density at radius 3 is 1.16 bits per heavy atom. The zero-order valence-electron chi connectivity index (χ0n) is 27.4. The van der Waals surface area contributed by atoms with Gasteiger partial charge in [-0.05, 0) is 78.2 Å². The van der Waals surface area contributed by atoms with Crippen LogP contribution in [0.2, 0.25) is 0 Å². The van der Waals surface area contributed by atoms with E-state index in [1.54, 1.807) is 0 Å². The van der Waals surface area contributed by atoms with E-state index in [4.69, 9.17) is 0 Å². The Labute approximate surface area is 292 Å². The van der Waals surface area contributed by atoms with Crippen molar-refractivity contribution in [2.75, 3.05) is 0 Å². The predicted molar refractivity (Wildman–Crippen MR) is 208 cm³/mol. The fraction of sp³-hybridized carbons (Fsp3) is 0. The second kappa shape index (κ2) is 12.8. The molecular weight excluding hydrogens is 605 g/mol. The van der Waals surface area contributed by atoms with Gasteiger partial charge < -0.3 is 0 Å². The second-order valence-electron chi connectivity index (χ2n) is 12.5. The lowest BCUT2D eigenvalue weighted by Gasteiger charge is -2.37. The minimum atomic E-state index is 1.07. The third kappa shape index (κ3) is 5.06. The summed E-state index contributed by atoms with van der Waals surface area (Å²) >= 11 is 0. The molecule has 0 bridgehead atoms. The molecule has 0 N–H and O–H groups in total. The molecule has 0 aliphatic heterocycles. The lowest BCUT2D eigenvalue weighted by Crippen LogP contribution is -2.17. The number of fused-ring (bicyclic) bond motifs is 2. The minimum Gasteiger partial charge on any atom is -0.264 e. The van der Waals surface area contributed by atoms with Crippen molar-refractivity contribution >= 4 is 43.8 Å². The summed E-state index contributed by atoms with van der Waals surface area (Å²) in [5, 5.41) is 4.85. The van der Waals surface area contributed by atoms with Crippen LogP contribution in [-0.4, -0.2) is 9.97 Å². The lowest BCUT2D eigenvalue weighted by atomic mass is 9.65. The molecule has 0 saturated heterocycles. The Bertz CT molecular complexity index is 2400. The maximum absolute atomic E-state index is 4.64. The van der Waals surface area contributed by atoms with E-state index in [0.29, 0.717) is 0 Å². The van der Waals surface area contributed by atoms with Crippen molar-refractivity contribution in [1.29, 1.82) is 0 Å². The molecule has 50 heavy (non-hydrogen) atoms. The normalized spacial score (nSPS) is 14.8. The van der Waals surface area contributed by atoms with Gasteiger partial charge in [0.15, 0.2) is 0 Å². The number of hydrogen-bond acceptors (Lipinski definition) is 2. The quantitative estimate of drug-likeness (QED) is 0.181. The fourth-order valence-electron chi connectivity index (χ4n) is 7.50. The third-order valence-electron chi connectivity index (χ3n) is 9.64.